The molecule has 1 aromatic carbocycles. The first-order chi connectivity index (χ1) is 27.2. The van der Waals surface area contributed by atoms with Crippen LogP contribution in [0.15, 0.2) is 36.4 Å². The van der Waals surface area contributed by atoms with Gasteiger partial charge in [0.1, 0.15) is 18.2 Å². The fourth-order valence-corrected chi connectivity index (χ4v) is 6.33. The standard InChI is InChI=1S/C36H54N7O14P/c1-6-26(44)41-31(35(50)51)32(22(4)5)57-58(53,54)56-20-23-9-11-24(12-10-23)39-33(48)25(8-7-16-38-36(37)52)40-34(49)30(21(2)3)42-27(45)15-18-55-19-17-43-28(46)13-14-29(43)47/h9-14,21-22,25,30-32H,6-8,15-20H2,1-5H3,(H,39,48)(H,40,49)(H,41,44)(H,42,45)(H,50,51)(H,53,54)(H3,37,38,52). The third-order valence-electron chi connectivity index (χ3n) is 8.46. The number of carboxylic acid groups (broad SMARTS) is 1. The van der Waals surface area contributed by atoms with E-state index in [0.29, 0.717) is 5.56 Å². The van der Waals surface area contributed by atoms with E-state index < -0.39 is 97.9 Å². The molecule has 21 nitrogen and oxygen atoms in total. The summed E-state index contributed by atoms with van der Waals surface area (Å²) in [6.07, 6.45) is 1.03. The van der Waals surface area contributed by atoms with E-state index in [-0.39, 0.29) is 57.7 Å². The van der Waals surface area contributed by atoms with Crippen molar-refractivity contribution in [2.45, 2.75) is 91.1 Å². The number of nitrogens with zero attached hydrogens (tertiary/aromatic N) is 1. The lowest BCUT2D eigenvalue weighted by atomic mass is 9.99. The van der Waals surface area contributed by atoms with Crippen molar-refractivity contribution in [3.05, 3.63) is 42.0 Å². The monoisotopic (exact) mass is 839 g/mol. The Morgan fingerprint density at radius 1 is 0.862 bits per heavy atom. The number of benzene rings is 1. The van der Waals surface area contributed by atoms with Crippen LogP contribution in [0.2, 0.25) is 0 Å². The highest BCUT2D eigenvalue weighted by molar-refractivity contribution is 7.47. The van der Waals surface area contributed by atoms with E-state index in [1.165, 1.54) is 31.2 Å². The van der Waals surface area contributed by atoms with Crippen molar-refractivity contribution in [2.24, 2.45) is 17.6 Å². The Kier molecular flexibility index (Phi) is 20.2. The molecule has 1 heterocycles. The van der Waals surface area contributed by atoms with Crippen LogP contribution in [0.3, 0.4) is 0 Å². The zero-order chi connectivity index (χ0) is 43.6. The number of carbonyl (C=O) groups is 8. The van der Waals surface area contributed by atoms with Crippen LogP contribution in [0.4, 0.5) is 10.5 Å². The molecule has 5 unspecified atom stereocenters. The maximum Gasteiger partial charge on any atom is 0.472 e. The van der Waals surface area contributed by atoms with E-state index in [2.05, 4.69) is 26.6 Å². The van der Waals surface area contributed by atoms with E-state index >= 15 is 0 Å². The van der Waals surface area contributed by atoms with Crippen molar-refractivity contribution in [3.63, 3.8) is 0 Å². The molecule has 9 N–H and O–H groups in total. The van der Waals surface area contributed by atoms with Crippen LogP contribution >= 0.6 is 7.82 Å². The molecule has 0 saturated heterocycles. The molecule has 0 fully saturated rings. The fraction of sp³-hybridized carbons (Fsp3) is 0.556. The van der Waals surface area contributed by atoms with Crippen molar-refractivity contribution in [1.82, 2.24) is 26.2 Å². The van der Waals surface area contributed by atoms with Gasteiger partial charge in [0, 0.05) is 37.2 Å². The van der Waals surface area contributed by atoms with Crippen LogP contribution < -0.4 is 32.3 Å². The predicted octanol–water partition coefficient (Wildman–Crippen LogP) is 0.669. The van der Waals surface area contributed by atoms with Gasteiger partial charge in [-0.2, -0.15) is 0 Å². The maximum atomic E-state index is 13.4. The average molecular weight is 840 g/mol. The molecule has 58 heavy (non-hydrogen) atoms. The van der Waals surface area contributed by atoms with Crippen molar-refractivity contribution in [3.8, 4) is 0 Å². The molecule has 2 rings (SSSR count). The van der Waals surface area contributed by atoms with Crippen LogP contribution in [0, 0.1) is 11.8 Å². The summed E-state index contributed by atoms with van der Waals surface area (Å²) in [6.45, 7) is 7.63. The fourth-order valence-electron chi connectivity index (χ4n) is 5.28. The molecule has 0 radical (unpaired) electrons. The second kappa shape index (κ2) is 23.9. The molecule has 0 aliphatic carbocycles. The number of nitrogens with one attached hydrogen (secondary N) is 5. The SMILES string of the molecule is CCC(=O)NC(C(=O)O)C(OP(=O)(O)OCc1ccc(NC(=O)C(CCCNC(N)=O)NC(=O)C(NC(=O)CCOCCN2C(=O)C=CC2=O)C(C)C)cc1)C(C)C. The molecule has 1 aliphatic heterocycles. The van der Waals surface area contributed by atoms with Gasteiger partial charge < -0.3 is 47.1 Å². The van der Waals surface area contributed by atoms with Gasteiger partial charge in [0.2, 0.25) is 23.6 Å². The van der Waals surface area contributed by atoms with Gasteiger partial charge in [0.05, 0.1) is 26.4 Å². The van der Waals surface area contributed by atoms with E-state index in [9.17, 15) is 52.9 Å². The summed E-state index contributed by atoms with van der Waals surface area (Å²) < 4.78 is 28.5. The minimum atomic E-state index is -4.85. The second-order valence-corrected chi connectivity index (χ2v) is 15.2. The molecule has 0 aromatic heterocycles. The molecule has 1 aliphatic rings. The highest BCUT2D eigenvalue weighted by atomic mass is 31.2. The molecular formula is C36H54N7O14P. The van der Waals surface area contributed by atoms with Gasteiger partial charge in [-0.05, 0) is 42.4 Å². The Balaban J connectivity index is 2.03. The summed E-state index contributed by atoms with van der Waals surface area (Å²) in [6, 6.07) is 1.28. The minimum Gasteiger partial charge on any atom is -0.480 e. The second-order valence-electron chi connectivity index (χ2n) is 13.8. The Bertz CT molecular complexity index is 1690. The number of aliphatic carboxylic acids is 1. The number of anilines is 1. The van der Waals surface area contributed by atoms with E-state index in [1.54, 1.807) is 27.7 Å². The number of primary amides is 1. The van der Waals surface area contributed by atoms with Crippen molar-refractivity contribution < 1.29 is 66.7 Å². The molecule has 322 valence electrons. The number of hydrogen-bond acceptors (Lipinski definition) is 12. The summed E-state index contributed by atoms with van der Waals surface area (Å²) in [5.41, 5.74) is 5.77. The first kappa shape index (κ1) is 48.9. The van der Waals surface area contributed by atoms with Crippen LogP contribution in [-0.4, -0.2) is 113 Å². The topological polar surface area (TPSA) is 311 Å². The quantitative estimate of drug-likeness (QED) is 0.0361. The van der Waals surface area contributed by atoms with Crippen molar-refractivity contribution in [2.75, 3.05) is 31.6 Å². The maximum absolute atomic E-state index is 13.4. The van der Waals surface area contributed by atoms with Crippen molar-refractivity contribution in [1.29, 1.82) is 0 Å². The number of imide groups is 1. The lowest BCUT2D eigenvalue weighted by Crippen LogP contribution is -2.54. The van der Waals surface area contributed by atoms with E-state index in [4.69, 9.17) is 19.5 Å². The van der Waals surface area contributed by atoms with Crippen LogP contribution in [-0.2, 0) is 58.5 Å². The first-order valence-electron chi connectivity index (χ1n) is 18.6. The number of carbonyl (C=O) groups excluding carboxylic acids is 7. The molecule has 0 spiro atoms. The van der Waals surface area contributed by atoms with Gasteiger partial charge in [0.25, 0.3) is 11.8 Å². The number of phosphoric ester groups is 1. The average Bonchev–Trinajstić information content (AvgIpc) is 3.47. The van der Waals surface area contributed by atoms with Gasteiger partial charge in [-0.25, -0.2) is 14.2 Å². The Morgan fingerprint density at radius 2 is 1.48 bits per heavy atom. The van der Waals surface area contributed by atoms with Crippen LogP contribution in [0.1, 0.15) is 65.9 Å². The highest BCUT2D eigenvalue weighted by Crippen LogP contribution is 2.47. The van der Waals surface area contributed by atoms with Gasteiger partial charge in [0.15, 0.2) is 6.04 Å². The number of carboxylic acids is 1. The predicted molar refractivity (Wildman–Crippen MR) is 206 cm³/mol. The zero-order valence-electron chi connectivity index (χ0n) is 33.1. The number of ether oxygens (including phenoxy) is 1. The zero-order valence-corrected chi connectivity index (χ0v) is 34.0. The third-order valence-corrected chi connectivity index (χ3v) is 9.43. The molecule has 0 saturated carbocycles. The van der Waals surface area contributed by atoms with E-state index in [0.717, 1.165) is 17.1 Å². The summed E-state index contributed by atoms with van der Waals surface area (Å²) >= 11 is 0. The normalized spacial score (nSPS) is 15.6. The van der Waals surface area contributed by atoms with Gasteiger partial charge >= 0.3 is 19.8 Å². The Morgan fingerprint density at radius 3 is 2.03 bits per heavy atom. The summed E-state index contributed by atoms with van der Waals surface area (Å²) in [7, 11) is -4.85. The van der Waals surface area contributed by atoms with E-state index in [1.807, 2.05) is 0 Å². The lowest BCUT2D eigenvalue weighted by molar-refractivity contribution is -0.145. The number of phosphoric acid groups is 1. The molecule has 5 atom stereocenters. The van der Waals surface area contributed by atoms with Crippen molar-refractivity contribution >= 4 is 61.0 Å². The molecule has 8 amide bonds. The number of urea groups is 1. The Labute approximate surface area is 335 Å². The number of amides is 8. The van der Waals surface area contributed by atoms with Gasteiger partial charge in [-0.15, -0.1) is 0 Å². The molecule has 0 bridgehead atoms. The van der Waals surface area contributed by atoms with Gasteiger partial charge in [-0.3, -0.25) is 42.7 Å². The van der Waals surface area contributed by atoms with Crippen LogP contribution in [0.5, 0.6) is 0 Å². The summed E-state index contributed by atoms with van der Waals surface area (Å²) in [5.74, 6) is -5.80. The molecule has 22 heteroatoms. The molecular weight excluding hydrogens is 785 g/mol. The van der Waals surface area contributed by atoms with Crippen LogP contribution in [0.25, 0.3) is 0 Å². The Hall–Kier alpha value is -5.21. The largest absolute Gasteiger partial charge is 0.480 e. The number of nitrogens with two attached hydrogens (primary N) is 1. The third kappa shape index (κ3) is 17.1. The first-order valence-corrected chi connectivity index (χ1v) is 20.1. The van der Waals surface area contributed by atoms with Gasteiger partial charge in [-0.1, -0.05) is 46.8 Å². The lowest BCUT2D eigenvalue weighted by Gasteiger charge is -2.29. The summed E-state index contributed by atoms with van der Waals surface area (Å²) in [4.78, 5) is 109. The summed E-state index contributed by atoms with van der Waals surface area (Å²) in [5, 5.41) is 22.3. The smallest absolute Gasteiger partial charge is 0.472 e. The number of hydrogen-bond donors (Lipinski definition) is 8. The highest BCUT2D eigenvalue weighted by Gasteiger charge is 2.39. The minimum absolute atomic E-state index is 0.00960. The molecule has 1 aromatic rings. The number of rotatable bonds is 26.